The summed E-state index contributed by atoms with van der Waals surface area (Å²) in [4.78, 5) is 25.0. The van der Waals surface area contributed by atoms with Gasteiger partial charge in [0.2, 0.25) is 5.91 Å². The van der Waals surface area contributed by atoms with Crippen LogP contribution in [0.3, 0.4) is 0 Å². The van der Waals surface area contributed by atoms with Gasteiger partial charge in [-0.1, -0.05) is 0 Å². The smallest absolute Gasteiger partial charge is 0.293 e. The van der Waals surface area contributed by atoms with E-state index >= 15 is 0 Å². The second kappa shape index (κ2) is 4.47. The van der Waals surface area contributed by atoms with Crippen LogP contribution in [0.25, 0.3) is 0 Å². The van der Waals surface area contributed by atoms with Gasteiger partial charge in [-0.25, -0.2) is 0 Å². The van der Waals surface area contributed by atoms with Crippen LogP contribution >= 0.6 is 0 Å². The highest BCUT2D eigenvalue weighted by Gasteiger charge is 2.51. The van der Waals surface area contributed by atoms with Gasteiger partial charge in [-0.15, -0.1) is 0 Å². The van der Waals surface area contributed by atoms with Crippen molar-refractivity contribution in [3.05, 3.63) is 24.2 Å². The van der Waals surface area contributed by atoms with E-state index in [1.54, 1.807) is 6.07 Å². The van der Waals surface area contributed by atoms with Gasteiger partial charge in [-0.2, -0.15) is 0 Å². The molecule has 0 aromatic carbocycles. The largest absolute Gasteiger partial charge is 0.459 e. The number of nitrogens with zero attached hydrogens (tertiary/aromatic N) is 1. The molecule has 1 aliphatic heterocycles. The predicted octanol–water partition coefficient (Wildman–Crippen LogP) is -0.00730. The van der Waals surface area contributed by atoms with Gasteiger partial charge in [-0.3, -0.25) is 19.8 Å². The van der Waals surface area contributed by atoms with Crippen molar-refractivity contribution in [2.75, 3.05) is 19.6 Å². The van der Waals surface area contributed by atoms with Crippen LogP contribution in [0.4, 0.5) is 0 Å². The molecule has 0 spiro atoms. The van der Waals surface area contributed by atoms with Gasteiger partial charge in [0.05, 0.1) is 18.4 Å². The summed E-state index contributed by atoms with van der Waals surface area (Å²) in [6.45, 7) is 1.15. The van der Waals surface area contributed by atoms with Crippen LogP contribution in [-0.4, -0.2) is 47.1 Å². The Bertz CT molecular complexity index is 487. The monoisotopic (exact) mass is 264 g/mol. The molecule has 102 valence electrons. The fraction of sp³-hybridized carbons (Fsp3) is 0.538. The van der Waals surface area contributed by atoms with E-state index in [9.17, 15) is 14.7 Å². The average Bonchev–Trinajstić information content (AvgIpc) is 3.02. The number of likely N-dealkylation sites (tertiary alicyclic amines) is 1. The van der Waals surface area contributed by atoms with Crippen LogP contribution < -0.4 is 5.32 Å². The lowest BCUT2D eigenvalue weighted by atomic mass is 9.89. The van der Waals surface area contributed by atoms with Gasteiger partial charge in [0.25, 0.3) is 5.91 Å². The van der Waals surface area contributed by atoms with E-state index in [2.05, 4.69) is 5.32 Å². The quantitative estimate of drug-likeness (QED) is 0.799. The number of nitrogens with one attached hydrogen (secondary N) is 1. The van der Waals surface area contributed by atoms with Crippen molar-refractivity contribution in [3.63, 3.8) is 0 Å². The van der Waals surface area contributed by atoms with Gasteiger partial charge >= 0.3 is 0 Å². The zero-order chi connectivity index (χ0) is 13.5. The van der Waals surface area contributed by atoms with Gasteiger partial charge in [-0.05, 0) is 30.9 Å². The van der Waals surface area contributed by atoms with E-state index in [4.69, 9.17) is 4.42 Å². The number of aliphatic hydroxyl groups is 1. The molecule has 1 saturated heterocycles. The van der Waals surface area contributed by atoms with Gasteiger partial charge < -0.3 is 9.52 Å². The summed E-state index contributed by atoms with van der Waals surface area (Å²) in [7, 11) is 0. The van der Waals surface area contributed by atoms with Crippen LogP contribution in [0.15, 0.2) is 22.8 Å². The number of hydrogen-bond acceptors (Lipinski definition) is 5. The first kappa shape index (κ1) is 12.4. The summed E-state index contributed by atoms with van der Waals surface area (Å²) in [5.41, 5.74) is -0.606. The molecule has 0 atom stereocenters. The van der Waals surface area contributed by atoms with Crippen LogP contribution in [0.1, 0.15) is 23.4 Å². The van der Waals surface area contributed by atoms with Gasteiger partial charge in [0, 0.05) is 13.1 Å². The van der Waals surface area contributed by atoms with Crippen LogP contribution in [0.2, 0.25) is 0 Å². The van der Waals surface area contributed by atoms with Crippen LogP contribution in [0, 0.1) is 5.92 Å². The zero-order valence-electron chi connectivity index (χ0n) is 10.5. The van der Waals surface area contributed by atoms with Crippen molar-refractivity contribution in [3.8, 4) is 0 Å². The molecule has 6 heteroatoms. The number of imide groups is 1. The molecule has 0 bridgehead atoms. The SMILES string of the molecule is O=C(CN1CC(O)(C2CC2)C1)NC(=O)c1ccco1. The number of amides is 2. The Morgan fingerprint density at radius 2 is 2.21 bits per heavy atom. The third kappa shape index (κ3) is 2.54. The average molecular weight is 264 g/mol. The summed E-state index contributed by atoms with van der Waals surface area (Å²) in [6.07, 6.45) is 3.53. The van der Waals surface area contributed by atoms with Crippen LogP contribution in [-0.2, 0) is 4.79 Å². The summed E-state index contributed by atoms with van der Waals surface area (Å²) >= 11 is 0. The number of rotatable bonds is 4. The zero-order valence-corrected chi connectivity index (χ0v) is 10.5. The first-order valence-electron chi connectivity index (χ1n) is 6.39. The molecule has 1 aromatic rings. The Labute approximate surface area is 110 Å². The fourth-order valence-electron chi connectivity index (χ4n) is 2.56. The summed E-state index contributed by atoms with van der Waals surface area (Å²) < 4.78 is 4.90. The lowest BCUT2D eigenvalue weighted by molar-refractivity contribution is -0.135. The fourth-order valence-corrected chi connectivity index (χ4v) is 2.56. The highest BCUT2D eigenvalue weighted by molar-refractivity contribution is 6.03. The molecular formula is C13H16N2O4. The first-order chi connectivity index (χ1) is 9.07. The molecule has 1 aromatic heterocycles. The van der Waals surface area contributed by atoms with Crippen molar-refractivity contribution in [2.24, 2.45) is 5.92 Å². The molecule has 1 aliphatic carbocycles. The molecule has 2 heterocycles. The molecule has 2 aliphatic rings. The number of hydrogen-bond donors (Lipinski definition) is 2. The highest BCUT2D eigenvalue weighted by atomic mass is 16.3. The maximum atomic E-state index is 11.7. The summed E-state index contributed by atoms with van der Waals surface area (Å²) in [5, 5.41) is 12.4. The second-order valence-electron chi connectivity index (χ2n) is 5.38. The van der Waals surface area contributed by atoms with Crippen molar-refractivity contribution >= 4 is 11.8 Å². The normalized spacial score (nSPS) is 21.7. The Kier molecular flexibility index (Phi) is 2.91. The van der Waals surface area contributed by atoms with Gasteiger partial charge in [0.1, 0.15) is 0 Å². The molecule has 1 saturated carbocycles. The standard InChI is InChI=1S/C13H16N2O4/c16-11(14-12(17)10-2-1-5-19-10)6-15-7-13(18,8-15)9-3-4-9/h1-2,5,9,18H,3-4,6-8H2,(H,14,16,17). The van der Waals surface area contributed by atoms with Crippen molar-refractivity contribution < 1.29 is 19.1 Å². The van der Waals surface area contributed by atoms with E-state index in [1.165, 1.54) is 12.3 Å². The van der Waals surface area contributed by atoms with E-state index in [-0.39, 0.29) is 18.2 Å². The molecule has 0 unspecified atom stereocenters. The van der Waals surface area contributed by atoms with Gasteiger partial charge in [0.15, 0.2) is 5.76 Å². The Morgan fingerprint density at radius 1 is 1.47 bits per heavy atom. The minimum absolute atomic E-state index is 0.117. The lowest BCUT2D eigenvalue weighted by Gasteiger charge is -2.46. The van der Waals surface area contributed by atoms with Crippen molar-refractivity contribution in [2.45, 2.75) is 18.4 Å². The maximum Gasteiger partial charge on any atom is 0.293 e. The first-order valence-corrected chi connectivity index (χ1v) is 6.39. The molecular weight excluding hydrogens is 248 g/mol. The molecule has 3 rings (SSSR count). The van der Waals surface area contributed by atoms with E-state index < -0.39 is 11.5 Å². The maximum absolute atomic E-state index is 11.7. The highest BCUT2D eigenvalue weighted by Crippen LogP contribution is 2.44. The summed E-state index contributed by atoms with van der Waals surface area (Å²) in [5.74, 6) is -0.393. The molecule has 2 fully saturated rings. The number of β-amino-alcohol motifs (C(OH)–C–C–N with tert-alkyl or cyclic N) is 1. The molecule has 2 amide bonds. The molecule has 6 nitrogen and oxygen atoms in total. The Hall–Kier alpha value is -1.66. The topological polar surface area (TPSA) is 82.8 Å². The third-order valence-electron chi connectivity index (χ3n) is 3.70. The minimum atomic E-state index is -0.606. The van der Waals surface area contributed by atoms with E-state index in [1.807, 2.05) is 4.90 Å². The van der Waals surface area contributed by atoms with Crippen molar-refractivity contribution in [1.82, 2.24) is 10.2 Å². The minimum Gasteiger partial charge on any atom is -0.459 e. The Morgan fingerprint density at radius 3 is 2.79 bits per heavy atom. The third-order valence-corrected chi connectivity index (χ3v) is 3.70. The summed E-state index contributed by atoms with van der Waals surface area (Å²) in [6, 6.07) is 3.09. The number of furan rings is 1. The molecule has 19 heavy (non-hydrogen) atoms. The molecule has 0 radical (unpaired) electrons. The van der Waals surface area contributed by atoms with Crippen LogP contribution in [0.5, 0.6) is 0 Å². The number of carbonyl (C=O) groups is 2. The van der Waals surface area contributed by atoms with E-state index in [0.717, 1.165) is 12.8 Å². The predicted molar refractivity (Wildman–Crippen MR) is 65.3 cm³/mol. The second-order valence-corrected chi connectivity index (χ2v) is 5.38. The Balaban J connectivity index is 1.44. The number of carbonyl (C=O) groups excluding carboxylic acids is 2. The lowest BCUT2D eigenvalue weighted by Crippen LogP contribution is -2.64. The van der Waals surface area contributed by atoms with E-state index in [0.29, 0.717) is 19.0 Å². The molecule has 2 N–H and O–H groups in total. The van der Waals surface area contributed by atoms with Crippen molar-refractivity contribution in [1.29, 1.82) is 0 Å².